The molecule has 7 rings (SSSR count). The molecule has 0 radical (unpaired) electrons. The molecule has 0 unspecified atom stereocenters. The third-order valence-electron chi connectivity index (χ3n) is 6.56. The Kier molecular flexibility index (Phi) is 4.22. The van der Waals surface area contributed by atoms with E-state index < -0.39 is 11.1 Å². The van der Waals surface area contributed by atoms with Crippen LogP contribution in [0.1, 0.15) is 22.4 Å². The van der Waals surface area contributed by atoms with E-state index in [0.717, 1.165) is 32.3 Å². The number of halogens is 1. The molecule has 2 aliphatic rings. The molecule has 1 amide bonds. The first-order chi connectivity index (χ1) is 17.6. The summed E-state index contributed by atoms with van der Waals surface area (Å²) in [6.45, 7) is 0. The summed E-state index contributed by atoms with van der Waals surface area (Å²) in [6.07, 6.45) is 3.31. The van der Waals surface area contributed by atoms with Gasteiger partial charge in [0, 0.05) is 16.1 Å². The number of hydrogen-bond donors (Lipinski definition) is 2. The maximum Gasteiger partial charge on any atom is 0.302 e. The first kappa shape index (κ1) is 20.6. The third-order valence-corrected chi connectivity index (χ3v) is 6.81. The fourth-order valence-electron chi connectivity index (χ4n) is 4.90. The number of nitrogens with one attached hydrogen (secondary N) is 2. The summed E-state index contributed by atoms with van der Waals surface area (Å²) in [5.74, 6) is 0.00386. The lowest BCUT2D eigenvalue weighted by molar-refractivity contribution is -0.120. The number of carbonyl (C=O) groups excluding carboxylic acids is 1. The Morgan fingerprint density at radius 2 is 1.50 bits per heavy atom. The van der Waals surface area contributed by atoms with Crippen LogP contribution >= 0.6 is 11.6 Å². The minimum Gasteiger partial charge on any atom is -0.295 e. The highest BCUT2D eigenvalue weighted by molar-refractivity contribution is 6.30. The van der Waals surface area contributed by atoms with Gasteiger partial charge in [-0.05, 0) is 34.9 Å². The number of fused-ring (bicyclic) bond motifs is 8. The number of amides is 1. The zero-order chi connectivity index (χ0) is 24.4. The van der Waals surface area contributed by atoms with E-state index in [2.05, 4.69) is 26.0 Å². The first-order valence-electron chi connectivity index (χ1n) is 11.2. The molecule has 36 heavy (non-hydrogen) atoms. The van der Waals surface area contributed by atoms with E-state index in [1.165, 1.54) is 4.68 Å². The van der Waals surface area contributed by atoms with Crippen molar-refractivity contribution in [3.8, 4) is 11.1 Å². The van der Waals surface area contributed by atoms with Crippen LogP contribution in [0.4, 0.5) is 5.95 Å². The lowest BCUT2D eigenvalue weighted by Crippen LogP contribution is -2.54. The van der Waals surface area contributed by atoms with Gasteiger partial charge in [-0.3, -0.25) is 20.3 Å². The van der Waals surface area contributed by atoms with Gasteiger partial charge in [0.2, 0.25) is 5.95 Å². The number of anilines is 1. The van der Waals surface area contributed by atoms with Crippen LogP contribution in [0.2, 0.25) is 5.02 Å². The summed E-state index contributed by atoms with van der Waals surface area (Å²) < 4.78 is 2.63. The van der Waals surface area contributed by atoms with Crippen molar-refractivity contribution in [2.45, 2.75) is 5.54 Å². The largest absolute Gasteiger partial charge is 0.302 e. The quantitative estimate of drug-likeness (QED) is 0.389. The molecule has 0 fully saturated rings. The van der Waals surface area contributed by atoms with Crippen molar-refractivity contribution >= 4 is 41.4 Å². The Hall–Kier alpha value is -4.76. The topological polar surface area (TPSA) is 106 Å². The second-order valence-corrected chi connectivity index (χ2v) is 8.99. The number of benzene rings is 3. The molecule has 2 aromatic heterocycles. The molecule has 3 heterocycles. The van der Waals surface area contributed by atoms with Gasteiger partial charge in [0.25, 0.3) is 11.7 Å². The maximum absolute atomic E-state index is 13.6. The molecule has 3 aromatic carbocycles. The monoisotopic (exact) mass is 493 g/mol. The predicted molar refractivity (Wildman–Crippen MR) is 136 cm³/mol. The van der Waals surface area contributed by atoms with Crippen LogP contribution in [0.25, 0.3) is 29.1 Å². The van der Waals surface area contributed by atoms with E-state index in [4.69, 9.17) is 11.6 Å². The molecular weight excluding hydrogens is 478 g/mol. The van der Waals surface area contributed by atoms with Gasteiger partial charge in [-0.15, -0.1) is 15.3 Å². The van der Waals surface area contributed by atoms with Crippen LogP contribution < -0.4 is 16.3 Å². The molecule has 1 aliphatic carbocycles. The van der Waals surface area contributed by atoms with Gasteiger partial charge in [-0.1, -0.05) is 78.3 Å². The number of hydrogen-bond acceptors (Lipinski definition) is 6. The fourth-order valence-corrected chi connectivity index (χ4v) is 5.02. The fraction of sp³-hybridized carbons (Fsp3) is 0.0385. The normalized spacial score (nSPS) is 15.0. The van der Waals surface area contributed by atoms with Crippen molar-refractivity contribution in [3.05, 3.63) is 111 Å². The summed E-state index contributed by atoms with van der Waals surface area (Å²) in [4.78, 5) is 26.8. The highest BCUT2D eigenvalue weighted by atomic mass is 35.5. The van der Waals surface area contributed by atoms with Gasteiger partial charge < -0.3 is 0 Å². The highest BCUT2D eigenvalue weighted by Crippen LogP contribution is 2.49. The molecule has 0 bridgehead atoms. The summed E-state index contributed by atoms with van der Waals surface area (Å²) in [7, 11) is 0. The molecule has 174 valence electrons. The van der Waals surface area contributed by atoms with E-state index in [-0.39, 0.29) is 23.3 Å². The highest BCUT2D eigenvalue weighted by Gasteiger charge is 2.52. The Balaban J connectivity index is 1.36. The smallest absolute Gasteiger partial charge is 0.295 e. The Bertz CT molecular complexity index is 1760. The number of aromatic nitrogens is 5. The van der Waals surface area contributed by atoms with Crippen LogP contribution in [0.5, 0.6) is 0 Å². The van der Waals surface area contributed by atoms with Crippen LogP contribution in [0.15, 0.2) is 77.6 Å². The van der Waals surface area contributed by atoms with Gasteiger partial charge >= 0.3 is 5.56 Å². The minimum atomic E-state index is -1.22. The van der Waals surface area contributed by atoms with Crippen molar-refractivity contribution in [2.75, 3.05) is 10.7 Å². The minimum absolute atomic E-state index is 0.107. The molecule has 1 spiro atoms. The van der Waals surface area contributed by atoms with Crippen molar-refractivity contribution in [1.82, 2.24) is 24.5 Å². The molecule has 5 aromatic rings. The SMILES string of the molecule is O=C1Nc2nn3c(=O)c(/C=C\c4ccc(Cl)cc4)nnc3n2NC12c1ccccc1-c1ccccc12. The molecule has 1 aliphatic heterocycles. The van der Waals surface area contributed by atoms with E-state index in [0.29, 0.717) is 5.02 Å². The number of carbonyl (C=O) groups is 1. The zero-order valence-electron chi connectivity index (χ0n) is 18.5. The average molecular weight is 494 g/mol. The molecule has 9 nitrogen and oxygen atoms in total. The second-order valence-electron chi connectivity index (χ2n) is 8.55. The molecule has 10 heteroatoms. The molecule has 0 saturated carbocycles. The van der Waals surface area contributed by atoms with Crippen molar-refractivity contribution in [2.24, 2.45) is 0 Å². The lowest BCUT2D eigenvalue weighted by atomic mass is 9.86. The predicted octanol–water partition coefficient (Wildman–Crippen LogP) is 3.53. The molecule has 0 saturated heterocycles. The Morgan fingerprint density at radius 3 is 2.19 bits per heavy atom. The Labute approximate surface area is 208 Å². The number of nitrogens with zero attached hydrogens (tertiary/aromatic N) is 5. The van der Waals surface area contributed by atoms with E-state index >= 15 is 0 Å². The summed E-state index contributed by atoms with van der Waals surface area (Å²) in [5, 5.41) is 16.2. The van der Waals surface area contributed by atoms with Crippen molar-refractivity contribution in [3.63, 3.8) is 0 Å². The van der Waals surface area contributed by atoms with Crippen LogP contribution in [-0.2, 0) is 10.3 Å². The number of rotatable bonds is 2. The van der Waals surface area contributed by atoms with Gasteiger partial charge in [-0.25, -0.2) is 0 Å². The average Bonchev–Trinajstić information content (AvgIpc) is 3.40. The summed E-state index contributed by atoms with van der Waals surface area (Å²) in [5.41, 5.74) is 6.12. The second kappa shape index (κ2) is 7.37. The van der Waals surface area contributed by atoms with Gasteiger partial charge in [0.05, 0.1) is 0 Å². The van der Waals surface area contributed by atoms with Crippen LogP contribution in [-0.4, -0.2) is 30.4 Å². The van der Waals surface area contributed by atoms with E-state index in [1.807, 2.05) is 60.7 Å². The third kappa shape index (κ3) is 2.74. The zero-order valence-corrected chi connectivity index (χ0v) is 19.3. The molecule has 0 atom stereocenters. The Morgan fingerprint density at radius 1 is 0.833 bits per heavy atom. The van der Waals surface area contributed by atoms with Gasteiger partial charge in [-0.2, -0.15) is 9.19 Å². The van der Waals surface area contributed by atoms with Crippen LogP contribution in [0, 0.1) is 0 Å². The van der Waals surface area contributed by atoms with E-state index in [9.17, 15) is 9.59 Å². The van der Waals surface area contributed by atoms with E-state index in [1.54, 1.807) is 24.3 Å². The summed E-state index contributed by atoms with van der Waals surface area (Å²) >= 11 is 5.93. The molecular formula is C26H16ClN7O2. The summed E-state index contributed by atoms with van der Waals surface area (Å²) in [6, 6.07) is 22.7. The standard InChI is InChI=1S/C26H16ClN7O2/c27-16-12-9-15(10-13-16)11-14-21-22(35)33-25(30-29-21)34-24(31-33)28-23(36)26(32-34)19-7-3-1-5-17(19)18-6-2-4-8-20(18)26/h1-14,32H,(H,28,31,36)/b14-11-. The van der Waals surface area contributed by atoms with Crippen LogP contribution in [0.3, 0.4) is 0 Å². The van der Waals surface area contributed by atoms with Gasteiger partial charge in [0.15, 0.2) is 11.2 Å². The maximum atomic E-state index is 13.6. The van der Waals surface area contributed by atoms with Crippen molar-refractivity contribution in [1.29, 1.82) is 0 Å². The van der Waals surface area contributed by atoms with Crippen molar-refractivity contribution < 1.29 is 4.79 Å². The molecule has 2 N–H and O–H groups in total. The van der Waals surface area contributed by atoms with Gasteiger partial charge in [0.1, 0.15) is 0 Å². The first-order valence-corrected chi connectivity index (χ1v) is 11.6. The lowest BCUT2D eigenvalue weighted by Gasteiger charge is -2.36.